The summed E-state index contributed by atoms with van der Waals surface area (Å²) in [5.74, 6) is 0. The molecule has 0 aromatic heterocycles. The quantitative estimate of drug-likeness (QED) is 0.696. The summed E-state index contributed by atoms with van der Waals surface area (Å²) in [7, 11) is 2.12. The normalized spacial score (nSPS) is 25.7. The Labute approximate surface area is 99.0 Å². The number of morpholine rings is 1. The van der Waals surface area contributed by atoms with Gasteiger partial charge in [-0.05, 0) is 33.7 Å². The van der Waals surface area contributed by atoms with Crippen LogP contribution >= 0.6 is 0 Å². The van der Waals surface area contributed by atoms with Crippen molar-refractivity contribution in [1.82, 2.24) is 10.2 Å². The van der Waals surface area contributed by atoms with Crippen LogP contribution in [-0.4, -0.2) is 61.5 Å². The van der Waals surface area contributed by atoms with Crippen molar-refractivity contribution in [2.24, 2.45) is 0 Å². The standard InChI is InChI=1S/C12H26N2O2/c1-10(14(3)6-4-11(2)15)8-12-9-16-7-5-13-12/h10-13,15H,4-9H2,1-3H3. The summed E-state index contributed by atoms with van der Waals surface area (Å²) in [5.41, 5.74) is 0. The highest BCUT2D eigenvalue weighted by atomic mass is 16.5. The van der Waals surface area contributed by atoms with Crippen LogP contribution in [0.15, 0.2) is 0 Å². The zero-order valence-electron chi connectivity index (χ0n) is 10.8. The molecule has 0 radical (unpaired) electrons. The van der Waals surface area contributed by atoms with Crippen molar-refractivity contribution in [3.63, 3.8) is 0 Å². The Kier molecular flexibility index (Phi) is 6.28. The number of hydrogen-bond acceptors (Lipinski definition) is 4. The van der Waals surface area contributed by atoms with Crippen LogP contribution in [0.4, 0.5) is 0 Å². The third-order valence-electron chi connectivity index (χ3n) is 3.28. The van der Waals surface area contributed by atoms with E-state index in [1.54, 1.807) is 0 Å². The summed E-state index contributed by atoms with van der Waals surface area (Å²) in [6, 6.07) is 1.01. The first-order valence-electron chi connectivity index (χ1n) is 6.29. The Morgan fingerprint density at radius 3 is 2.81 bits per heavy atom. The van der Waals surface area contributed by atoms with Crippen LogP contribution in [-0.2, 0) is 4.74 Å². The fraction of sp³-hybridized carbons (Fsp3) is 1.00. The highest BCUT2D eigenvalue weighted by Crippen LogP contribution is 2.08. The van der Waals surface area contributed by atoms with Crippen LogP contribution < -0.4 is 5.32 Å². The molecule has 3 unspecified atom stereocenters. The van der Waals surface area contributed by atoms with Crippen LogP contribution in [0.2, 0.25) is 0 Å². The van der Waals surface area contributed by atoms with Crippen LogP contribution in [0, 0.1) is 0 Å². The number of aliphatic hydroxyl groups is 1. The number of rotatable bonds is 6. The van der Waals surface area contributed by atoms with Gasteiger partial charge in [-0.25, -0.2) is 0 Å². The molecule has 1 aliphatic heterocycles. The number of ether oxygens (including phenoxy) is 1. The van der Waals surface area contributed by atoms with Gasteiger partial charge in [0.15, 0.2) is 0 Å². The molecule has 2 N–H and O–H groups in total. The molecule has 3 atom stereocenters. The maximum Gasteiger partial charge on any atom is 0.0620 e. The van der Waals surface area contributed by atoms with Gasteiger partial charge in [-0.3, -0.25) is 0 Å². The second-order valence-corrected chi connectivity index (χ2v) is 4.93. The molecule has 16 heavy (non-hydrogen) atoms. The lowest BCUT2D eigenvalue weighted by molar-refractivity contribution is 0.0629. The summed E-state index contributed by atoms with van der Waals surface area (Å²) in [4.78, 5) is 2.31. The molecule has 0 amide bonds. The van der Waals surface area contributed by atoms with Gasteiger partial charge in [0.05, 0.1) is 19.3 Å². The highest BCUT2D eigenvalue weighted by Gasteiger charge is 2.18. The number of nitrogens with one attached hydrogen (secondary N) is 1. The Balaban J connectivity index is 2.19. The Bertz CT molecular complexity index is 182. The van der Waals surface area contributed by atoms with Gasteiger partial charge in [0.25, 0.3) is 0 Å². The average molecular weight is 230 g/mol. The van der Waals surface area contributed by atoms with E-state index >= 15 is 0 Å². The first-order valence-corrected chi connectivity index (χ1v) is 6.29. The van der Waals surface area contributed by atoms with Crippen LogP contribution in [0.3, 0.4) is 0 Å². The van der Waals surface area contributed by atoms with Gasteiger partial charge in [-0.2, -0.15) is 0 Å². The predicted octanol–water partition coefficient (Wildman–Crippen LogP) is 0.456. The lowest BCUT2D eigenvalue weighted by Gasteiger charge is -2.31. The molecular formula is C12H26N2O2. The molecule has 1 saturated heterocycles. The van der Waals surface area contributed by atoms with Crippen LogP contribution in [0.5, 0.6) is 0 Å². The topological polar surface area (TPSA) is 44.7 Å². The second-order valence-electron chi connectivity index (χ2n) is 4.93. The van der Waals surface area contributed by atoms with E-state index in [4.69, 9.17) is 4.74 Å². The largest absolute Gasteiger partial charge is 0.393 e. The van der Waals surface area contributed by atoms with Gasteiger partial charge >= 0.3 is 0 Å². The summed E-state index contributed by atoms with van der Waals surface area (Å²) in [6.07, 6.45) is 1.75. The third kappa shape index (κ3) is 5.25. The van der Waals surface area contributed by atoms with Crippen molar-refractivity contribution in [3.8, 4) is 0 Å². The molecule has 0 aliphatic carbocycles. The molecule has 1 fully saturated rings. The van der Waals surface area contributed by atoms with Gasteiger partial charge in [-0.15, -0.1) is 0 Å². The van der Waals surface area contributed by atoms with Gasteiger partial charge in [0, 0.05) is 25.2 Å². The minimum atomic E-state index is -0.203. The van der Waals surface area contributed by atoms with Crippen molar-refractivity contribution in [1.29, 1.82) is 0 Å². The molecular weight excluding hydrogens is 204 g/mol. The fourth-order valence-electron chi connectivity index (χ4n) is 1.97. The molecule has 4 heteroatoms. The molecule has 96 valence electrons. The Morgan fingerprint density at radius 2 is 2.25 bits per heavy atom. The van der Waals surface area contributed by atoms with Gasteiger partial charge in [-0.1, -0.05) is 0 Å². The monoisotopic (exact) mass is 230 g/mol. The summed E-state index contributed by atoms with van der Waals surface area (Å²) < 4.78 is 5.44. The van der Waals surface area contributed by atoms with Crippen molar-refractivity contribution >= 4 is 0 Å². The van der Waals surface area contributed by atoms with E-state index < -0.39 is 0 Å². The lowest BCUT2D eigenvalue weighted by atomic mass is 10.1. The molecule has 0 spiro atoms. The molecule has 0 aromatic carbocycles. The van der Waals surface area contributed by atoms with Crippen molar-refractivity contribution in [2.45, 2.75) is 44.9 Å². The lowest BCUT2D eigenvalue weighted by Crippen LogP contribution is -2.45. The molecule has 0 saturated carbocycles. The maximum absolute atomic E-state index is 9.25. The minimum Gasteiger partial charge on any atom is -0.393 e. The van der Waals surface area contributed by atoms with E-state index in [1.165, 1.54) is 0 Å². The van der Waals surface area contributed by atoms with Crippen molar-refractivity contribution in [3.05, 3.63) is 0 Å². The molecule has 1 rings (SSSR count). The summed E-state index contributed by atoms with van der Waals surface area (Å²) in [6.45, 7) is 7.66. The maximum atomic E-state index is 9.25. The van der Waals surface area contributed by atoms with E-state index in [1.807, 2.05) is 6.92 Å². The smallest absolute Gasteiger partial charge is 0.0620 e. The molecule has 1 heterocycles. The highest BCUT2D eigenvalue weighted by molar-refractivity contribution is 4.76. The van der Waals surface area contributed by atoms with Crippen LogP contribution in [0.25, 0.3) is 0 Å². The fourth-order valence-corrected chi connectivity index (χ4v) is 1.97. The Hall–Kier alpha value is -0.160. The van der Waals surface area contributed by atoms with E-state index in [-0.39, 0.29) is 6.10 Å². The molecule has 0 aromatic rings. The summed E-state index contributed by atoms with van der Waals surface area (Å²) in [5, 5.41) is 12.7. The third-order valence-corrected chi connectivity index (χ3v) is 3.28. The minimum absolute atomic E-state index is 0.203. The van der Waals surface area contributed by atoms with E-state index in [9.17, 15) is 5.11 Å². The first-order chi connectivity index (χ1) is 7.59. The van der Waals surface area contributed by atoms with E-state index in [0.29, 0.717) is 12.1 Å². The molecule has 4 nitrogen and oxygen atoms in total. The zero-order valence-corrected chi connectivity index (χ0v) is 10.8. The van der Waals surface area contributed by atoms with E-state index in [0.717, 1.165) is 39.1 Å². The predicted molar refractivity (Wildman–Crippen MR) is 65.6 cm³/mol. The molecule has 0 bridgehead atoms. The zero-order chi connectivity index (χ0) is 12.0. The number of hydrogen-bond donors (Lipinski definition) is 2. The Morgan fingerprint density at radius 1 is 1.50 bits per heavy atom. The number of nitrogens with zero attached hydrogens (tertiary/aromatic N) is 1. The first kappa shape index (κ1) is 13.9. The van der Waals surface area contributed by atoms with Gasteiger partial charge < -0.3 is 20.1 Å². The van der Waals surface area contributed by atoms with E-state index in [2.05, 4.69) is 24.2 Å². The number of aliphatic hydroxyl groups excluding tert-OH is 1. The molecule has 1 aliphatic rings. The summed E-state index contributed by atoms with van der Waals surface area (Å²) >= 11 is 0. The second kappa shape index (κ2) is 7.22. The van der Waals surface area contributed by atoms with Gasteiger partial charge in [0.1, 0.15) is 0 Å². The van der Waals surface area contributed by atoms with Crippen molar-refractivity contribution in [2.75, 3.05) is 33.4 Å². The van der Waals surface area contributed by atoms with Crippen LogP contribution in [0.1, 0.15) is 26.7 Å². The average Bonchev–Trinajstić information content (AvgIpc) is 2.27. The SMILES string of the molecule is CC(O)CCN(C)C(C)CC1COCCN1. The van der Waals surface area contributed by atoms with Gasteiger partial charge in [0.2, 0.25) is 0 Å². The van der Waals surface area contributed by atoms with Crippen molar-refractivity contribution < 1.29 is 9.84 Å².